The van der Waals surface area contributed by atoms with Crippen LogP contribution in [-0.2, 0) is 19.4 Å². The zero-order chi connectivity index (χ0) is 18.4. The van der Waals surface area contributed by atoms with Crippen LogP contribution in [0, 0.1) is 0 Å². The summed E-state index contributed by atoms with van der Waals surface area (Å²) in [6.45, 7) is 9.77. The number of fused-ring (bicyclic) bond motifs is 1. The molecule has 0 aliphatic heterocycles. The van der Waals surface area contributed by atoms with E-state index in [2.05, 4.69) is 24.1 Å². The van der Waals surface area contributed by atoms with Gasteiger partial charge in [-0.05, 0) is 45.2 Å². The zero-order valence-electron chi connectivity index (χ0n) is 16.1. The van der Waals surface area contributed by atoms with E-state index < -0.39 is 5.91 Å². The number of carbonyl (C=O) groups excluding carboxylic acids is 1. The predicted molar refractivity (Wildman–Crippen MR) is 107 cm³/mol. The van der Waals surface area contributed by atoms with Gasteiger partial charge in [0.1, 0.15) is 11.3 Å². The van der Waals surface area contributed by atoms with Crippen molar-refractivity contribution in [1.82, 2.24) is 14.8 Å². The summed E-state index contributed by atoms with van der Waals surface area (Å²) in [6, 6.07) is 0. The Kier molecular flexibility index (Phi) is 9.16. The second-order valence-corrected chi connectivity index (χ2v) is 6.60. The average molecular weight is 386 g/mol. The third-order valence-electron chi connectivity index (χ3n) is 5.03. The Morgan fingerprint density at radius 2 is 1.85 bits per heavy atom. The maximum absolute atomic E-state index is 12.8. The summed E-state index contributed by atoms with van der Waals surface area (Å²) < 4.78 is 1.70. The summed E-state index contributed by atoms with van der Waals surface area (Å²) in [6.07, 6.45) is 4.34. The lowest BCUT2D eigenvalue weighted by Gasteiger charge is -2.24. The van der Waals surface area contributed by atoms with Crippen molar-refractivity contribution in [1.29, 1.82) is 0 Å². The van der Waals surface area contributed by atoms with Gasteiger partial charge < -0.3 is 19.9 Å². The lowest BCUT2D eigenvalue weighted by atomic mass is 9.93. The Morgan fingerprint density at radius 1 is 1.19 bits per heavy atom. The van der Waals surface area contributed by atoms with Crippen LogP contribution in [0.1, 0.15) is 61.6 Å². The number of rotatable bonds is 8. The van der Waals surface area contributed by atoms with Crippen molar-refractivity contribution in [2.24, 2.45) is 0 Å². The van der Waals surface area contributed by atoms with Crippen LogP contribution in [0.5, 0.6) is 5.75 Å². The maximum Gasteiger partial charge on any atom is 0.267 e. The monoisotopic (exact) mass is 385 g/mol. The standard InChI is InChI=1S/C19H31N3O3.ClH/c1-4-12-22-15-10-8-7-9-14(15)17(23)16(19(22)25)18(24)20-11-13-21(5-2)6-3;/h23H,4-13H2,1-3H3,(H,20,24);1H. The van der Waals surface area contributed by atoms with Crippen molar-refractivity contribution in [3.8, 4) is 5.75 Å². The summed E-state index contributed by atoms with van der Waals surface area (Å²) in [5.74, 6) is -0.569. The van der Waals surface area contributed by atoms with E-state index in [0.717, 1.165) is 63.0 Å². The van der Waals surface area contributed by atoms with Gasteiger partial charge in [0, 0.05) is 30.9 Å². The first kappa shape index (κ1) is 22.5. The molecule has 7 heteroatoms. The Labute approximate surface area is 162 Å². The molecule has 2 rings (SSSR count). The van der Waals surface area contributed by atoms with Crippen molar-refractivity contribution >= 4 is 18.3 Å². The molecule has 0 bridgehead atoms. The Bertz CT molecular complexity index is 669. The lowest BCUT2D eigenvalue weighted by Crippen LogP contribution is -2.39. The van der Waals surface area contributed by atoms with Gasteiger partial charge in [0.2, 0.25) is 0 Å². The largest absolute Gasteiger partial charge is 0.507 e. The summed E-state index contributed by atoms with van der Waals surface area (Å²) in [7, 11) is 0. The van der Waals surface area contributed by atoms with Crippen molar-refractivity contribution in [3.63, 3.8) is 0 Å². The van der Waals surface area contributed by atoms with Gasteiger partial charge in [-0.3, -0.25) is 9.59 Å². The number of nitrogens with one attached hydrogen (secondary N) is 1. The fourth-order valence-electron chi connectivity index (χ4n) is 3.57. The van der Waals surface area contributed by atoms with E-state index in [9.17, 15) is 14.7 Å². The summed E-state index contributed by atoms with van der Waals surface area (Å²) in [4.78, 5) is 27.6. The highest BCUT2D eigenvalue weighted by atomic mass is 35.5. The molecule has 0 saturated carbocycles. The molecule has 0 spiro atoms. The van der Waals surface area contributed by atoms with E-state index in [1.807, 2.05) is 6.92 Å². The molecule has 1 amide bonds. The molecule has 6 nitrogen and oxygen atoms in total. The second kappa shape index (κ2) is 10.6. The van der Waals surface area contributed by atoms with E-state index in [-0.39, 0.29) is 29.3 Å². The first-order valence-corrected chi connectivity index (χ1v) is 9.53. The molecular weight excluding hydrogens is 354 g/mol. The number of likely N-dealkylation sites (N-methyl/N-ethyl adjacent to an activating group) is 1. The Hall–Kier alpha value is -1.53. The first-order valence-electron chi connectivity index (χ1n) is 9.53. The molecular formula is C19H32ClN3O3. The number of carbonyl (C=O) groups is 1. The minimum absolute atomic E-state index is 0. The highest BCUT2D eigenvalue weighted by molar-refractivity contribution is 5.97. The van der Waals surface area contributed by atoms with Crippen molar-refractivity contribution in [2.75, 3.05) is 26.2 Å². The van der Waals surface area contributed by atoms with Crippen LogP contribution in [0.15, 0.2) is 4.79 Å². The Morgan fingerprint density at radius 3 is 2.46 bits per heavy atom. The fourth-order valence-corrected chi connectivity index (χ4v) is 3.57. The molecule has 148 valence electrons. The molecule has 26 heavy (non-hydrogen) atoms. The smallest absolute Gasteiger partial charge is 0.267 e. The molecule has 2 N–H and O–H groups in total. The quantitative estimate of drug-likeness (QED) is 0.720. The molecule has 0 unspecified atom stereocenters. The third kappa shape index (κ3) is 4.80. The van der Waals surface area contributed by atoms with E-state index in [1.165, 1.54) is 0 Å². The molecule has 1 heterocycles. The topological polar surface area (TPSA) is 74.6 Å². The van der Waals surface area contributed by atoms with Crippen LogP contribution in [-0.4, -0.2) is 46.7 Å². The van der Waals surface area contributed by atoms with Gasteiger partial charge >= 0.3 is 0 Å². The van der Waals surface area contributed by atoms with Crippen LogP contribution in [0.4, 0.5) is 0 Å². The molecule has 1 aliphatic carbocycles. The number of aromatic nitrogens is 1. The molecule has 1 aromatic heterocycles. The lowest BCUT2D eigenvalue weighted by molar-refractivity contribution is 0.0943. The van der Waals surface area contributed by atoms with Crippen molar-refractivity contribution in [2.45, 2.75) is 59.4 Å². The van der Waals surface area contributed by atoms with Crippen molar-refractivity contribution < 1.29 is 9.90 Å². The summed E-state index contributed by atoms with van der Waals surface area (Å²) >= 11 is 0. The maximum atomic E-state index is 12.8. The summed E-state index contributed by atoms with van der Waals surface area (Å²) in [5, 5.41) is 13.4. The molecule has 0 fully saturated rings. The first-order chi connectivity index (χ1) is 12.0. The molecule has 0 saturated heterocycles. The molecule has 1 aromatic rings. The van der Waals surface area contributed by atoms with Crippen LogP contribution in [0.2, 0.25) is 0 Å². The van der Waals surface area contributed by atoms with Crippen molar-refractivity contribution in [3.05, 3.63) is 27.2 Å². The average Bonchev–Trinajstić information content (AvgIpc) is 2.62. The van der Waals surface area contributed by atoms with Crippen LogP contribution in [0.25, 0.3) is 0 Å². The van der Waals surface area contributed by atoms with Gasteiger partial charge in [0.25, 0.3) is 11.5 Å². The number of hydrogen-bond acceptors (Lipinski definition) is 4. The van der Waals surface area contributed by atoms with Gasteiger partial charge in [-0.1, -0.05) is 20.8 Å². The number of amides is 1. The Balaban J connectivity index is 0.00000338. The summed E-state index contributed by atoms with van der Waals surface area (Å²) in [5.41, 5.74) is 1.25. The number of hydrogen-bond donors (Lipinski definition) is 2. The minimum Gasteiger partial charge on any atom is -0.507 e. The number of halogens is 1. The van der Waals surface area contributed by atoms with Gasteiger partial charge in [-0.25, -0.2) is 0 Å². The molecule has 0 atom stereocenters. The van der Waals surface area contributed by atoms with Gasteiger partial charge in [-0.15, -0.1) is 12.4 Å². The SMILES string of the molecule is CCCn1c2c(c(O)c(C(=O)NCCN(CC)CC)c1=O)CCCC2.Cl. The van der Waals surface area contributed by atoms with Crippen LogP contribution in [0.3, 0.4) is 0 Å². The number of nitrogens with zero attached hydrogens (tertiary/aromatic N) is 2. The van der Waals surface area contributed by atoms with E-state index in [1.54, 1.807) is 4.57 Å². The van der Waals surface area contributed by atoms with E-state index >= 15 is 0 Å². The van der Waals surface area contributed by atoms with E-state index in [4.69, 9.17) is 0 Å². The van der Waals surface area contributed by atoms with E-state index in [0.29, 0.717) is 13.1 Å². The minimum atomic E-state index is -0.465. The van der Waals surface area contributed by atoms with Gasteiger partial charge in [0.15, 0.2) is 0 Å². The number of pyridine rings is 1. The number of aromatic hydroxyl groups is 1. The molecule has 0 aromatic carbocycles. The predicted octanol–water partition coefficient (Wildman–Crippen LogP) is 2.34. The molecule has 0 radical (unpaired) electrons. The van der Waals surface area contributed by atoms with Gasteiger partial charge in [-0.2, -0.15) is 0 Å². The van der Waals surface area contributed by atoms with Crippen LogP contribution < -0.4 is 10.9 Å². The van der Waals surface area contributed by atoms with Crippen LogP contribution >= 0.6 is 12.4 Å². The normalized spacial score (nSPS) is 13.2. The second-order valence-electron chi connectivity index (χ2n) is 6.60. The zero-order valence-corrected chi connectivity index (χ0v) is 17.0. The van der Waals surface area contributed by atoms with Gasteiger partial charge in [0.05, 0.1) is 0 Å². The molecule has 1 aliphatic rings. The third-order valence-corrected chi connectivity index (χ3v) is 5.03. The highest BCUT2D eigenvalue weighted by Crippen LogP contribution is 2.30. The fraction of sp³-hybridized carbons (Fsp3) is 0.684. The highest BCUT2D eigenvalue weighted by Gasteiger charge is 2.26.